The summed E-state index contributed by atoms with van der Waals surface area (Å²) >= 11 is 0. The van der Waals surface area contributed by atoms with Crippen LogP contribution in [0.5, 0.6) is 0 Å². The Morgan fingerprint density at radius 3 is 1.93 bits per heavy atom. The van der Waals surface area contributed by atoms with E-state index >= 15 is 0 Å². The third-order valence-corrected chi connectivity index (χ3v) is 2.89. The van der Waals surface area contributed by atoms with Crippen molar-refractivity contribution in [1.29, 1.82) is 0 Å². The molecule has 1 nitrogen and oxygen atoms in total. The fourth-order valence-electron chi connectivity index (χ4n) is 2.11. The third kappa shape index (κ3) is 7.84. The second-order valence-electron chi connectivity index (χ2n) is 5.18. The molecule has 0 aromatic rings. The Balaban J connectivity index is 4.01. The van der Waals surface area contributed by atoms with Crippen molar-refractivity contribution in [3.63, 3.8) is 0 Å². The van der Waals surface area contributed by atoms with Gasteiger partial charge in [0.15, 0.2) is 0 Å². The molecular weight excluding hydrogens is 184 g/mol. The summed E-state index contributed by atoms with van der Waals surface area (Å²) in [5, 5.41) is 0. The van der Waals surface area contributed by atoms with Gasteiger partial charge in [-0.15, -0.1) is 0 Å². The van der Waals surface area contributed by atoms with Crippen LogP contribution < -0.4 is 0 Å². The first kappa shape index (κ1) is 15.0. The largest absolute Gasteiger partial charge is 0.373 e. The molecule has 0 aliphatic heterocycles. The van der Waals surface area contributed by atoms with Crippen molar-refractivity contribution in [1.82, 2.24) is 0 Å². The van der Waals surface area contributed by atoms with E-state index in [1.165, 1.54) is 44.9 Å². The van der Waals surface area contributed by atoms with Gasteiger partial charge in [-0.1, -0.05) is 46.0 Å². The summed E-state index contributed by atoms with van der Waals surface area (Å²) in [6.45, 7) is 11.1. The zero-order valence-corrected chi connectivity index (χ0v) is 11.4. The van der Waals surface area contributed by atoms with Crippen LogP contribution in [0.25, 0.3) is 0 Å². The van der Waals surface area contributed by atoms with Gasteiger partial charge in [-0.25, -0.2) is 0 Å². The normalized spacial score (nSPS) is 15.6. The molecule has 0 rings (SSSR count). The minimum absolute atomic E-state index is 0.124. The molecule has 0 aromatic heterocycles. The van der Waals surface area contributed by atoms with E-state index in [4.69, 9.17) is 4.74 Å². The van der Waals surface area contributed by atoms with Gasteiger partial charge in [-0.05, 0) is 33.6 Å². The van der Waals surface area contributed by atoms with Gasteiger partial charge in [0, 0.05) is 0 Å². The maximum Gasteiger partial charge on any atom is 0.0658 e. The number of unbranched alkanes of at least 4 members (excludes halogenated alkanes) is 3. The second-order valence-corrected chi connectivity index (χ2v) is 5.18. The van der Waals surface area contributed by atoms with Gasteiger partial charge in [-0.3, -0.25) is 0 Å². The average Bonchev–Trinajstić information content (AvgIpc) is 2.14. The molecule has 1 unspecified atom stereocenters. The average molecular weight is 214 g/mol. The summed E-state index contributed by atoms with van der Waals surface area (Å²) < 4.78 is 6.09. The van der Waals surface area contributed by atoms with Crippen molar-refractivity contribution in [3.8, 4) is 0 Å². The number of ether oxygens (including phenoxy) is 1. The SMILES string of the molecule is CCCCCC(C)(CCCC)OC(C)C. The fourth-order valence-corrected chi connectivity index (χ4v) is 2.11. The van der Waals surface area contributed by atoms with Crippen LogP contribution in [0, 0.1) is 0 Å². The highest BCUT2D eigenvalue weighted by molar-refractivity contribution is 4.76. The van der Waals surface area contributed by atoms with Crippen LogP contribution in [0.3, 0.4) is 0 Å². The minimum atomic E-state index is 0.124. The molecule has 0 spiro atoms. The van der Waals surface area contributed by atoms with E-state index in [-0.39, 0.29) is 5.60 Å². The Labute approximate surface area is 96.6 Å². The molecule has 1 atom stereocenters. The molecule has 0 aliphatic carbocycles. The van der Waals surface area contributed by atoms with E-state index in [2.05, 4.69) is 34.6 Å². The van der Waals surface area contributed by atoms with Crippen LogP contribution in [0.15, 0.2) is 0 Å². The summed E-state index contributed by atoms with van der Waals surface area (Å²) in [5.41, 5.74) is 0.124. The summed E-state index contributed by atoms with van der Waals surface area (Å²) in [6.07, 6.45) is 9.29. The third-order valence-electron chi connectivity index (χ3n) is 2.89. The van der Waals surface area contributed by atoms with E-state index in [1.807, 2.05) is 0 Å². The van der Waals surface area contributed by atoms with Crippen molar-refractivity contribution in [2.45, 2.75) is 91.3 Å². The van der Waals surface area contributed by atoms with Crippen LogP contribution in [-0.2, 0) is 4.74 Å². The maximum absolute atomic E-state index is 6.09. The molecule has 0 aliphatic rings. The highest BCUT2D eigenvalue weighted by Gasteiger charge is 2.24. The topological polar surface area (TPSA) is 9.23 Å². The molecule has 0 amide bonds. The Kier molecular flexibility index (Phi) is 8.13. The van der Waals surface area contributed by atoms with Gasteiger partial charge in [0.1, 0.15) is 0 Å². The van der Waals surface area contributed by atoms with E-state index in [0.717, 1.165) is 0 Å². The van der Waals surface area contributed by atoms with E-state index in [0.29, 0.717) is 6.10 Å². The van der Waals surface area contributed by atoms with Crippen molar-refractivity contribution in [3.05, 3.63) is 0 Å². The monoisotopic (exact) mass is 214 g/mol. The van der Waals surface area contributed by atoms with Crippen LogP contribution in [0.2, 0.25) is 0 Å². The van der Waals surface area contributed by atoms with Crippen molar-refractivity contribution in [2.24, 2.45) is 0 Å². The van der Waals surface area contributed by atoms with Gasteiger partial charge in [0.05, 0.1) is 11.7 Å². The smallest absolute Gasteiger partial charge is 0.0658 e. The lowest BCUT2D eigenvalue weighted by Gasteiger charge is -2.32. The van der Waals surface area contributed by atoms with E-state index in [9.17, 15) is 0 Å². The van der Waals surface area contributed by atoms with E-state index in [1.54, 1.807) is 0 Å². The van der Waals surface area contributed by atoms with Crippen molar-refractivity contribution >= 4 is 0 Å². The Morgan fingerprint density at radius 2 is 1.47 bits per heavy atom. The zero-order valence-electron chi connectivity index (χ0n) is 11.4. The summed E-state index contributed by atoms with van der Waals surface area (Å²) in [6, 6.07) is 0. The van der Waals surface area contributed by atoms with Gasteiger partial charge < -0.3 is 4.74 Å². The Morgan fingerprint density at radius 1 is 0.933 bits per heavy atom. The molecule has 0 aromatic carbocycles. The predicted molar refractivity (Wildman–Crippen MR) is 68.3 cm³/mol. The van der Waals surface area contributed by atoms with Crippen molar-refractivity contribution < 1.29 is 4.74 Å². The summed E-state index contributed by atoms with van der Waals surface area (Å²) in [5.74, 6) is 0. The zero-order chi connectivity index (χ0) is 11.7. The molecule has 0 N–H and O–H groups in total. The molecule has 0 radical (unpaired) electrons. The van der Waals surface area contributed by atoms with Crippen LogP contribution >= 0.6 is 0 Å². The summed E-state index contributed by atoms with van der Waals surface area (Å²) in [7, 11) is 0. The highest BCUT2D eigenvalue weighted by Crippen LogP contribution is 2.27. The van der Waals surface area contributed by atoms with Gasteiger partial charge >= 0.3 is 0 Å². The molecular formula is C14H30O. The molecule has 15 heavy (non-hydrogen) atoms. The molecule has 0 saturated carbocycles. The lowest BCUT2D eigenvalue weighted by molar-refractivity contribution is -0.0802. The first-order valence-electron chi connectivity index (χ1n) is 6.72. The Bertz CT molecular complexity index is 142. The van der Waals surface area contributed by atoms with Gasteiger partial charge in [-0.2, -0.15) is 0 Å². The van der Waals surface area contributed by atoms with Crippen molar-refractivity contribution in [2.75, 3.05) is 0 Å². The van der Waals surface area contributed by atoms with Crippen LogP contribution in [0.4, 0.5) is 0 Å². The molecule has 0 bridgehead atoms. The fraction of sp³-hybridized carbons (Fsp3) is 1.00. The molecule has 0 saturated heterocycles. The number of hydrogen-bond acceptors (Lipinski definition) is 1. The predicted octanol–water partition coefficient (Wildman–Crippen LogP) is 4.94. The standard InChI is InChI=1S/C14H30O/c1-6-8-10-12-14(5,11-9-7-2)15-13(3)4/h13H,6-12H2,1-5H3. The van der Waals surface area contributed by atoms with Crippen LogP contribution in [-0.4, -0.2) is 11.7 Å². The van der Waals surface area contributed by atoms with E-state index < -0.39 is 0 Å². The summed E-state index contributed by atoms with van der Waals surface area (Å²) in [4.78, 5) is 0. The Hall–Kier alpha value is -0.0400. The minimum Gasteiger partial charge on any atom is -0.373 e. The first-order valence-corrected chi connectivity index (χ1v) is 6.72. The van der Waals surface area contributed by atoms with Gasteiger partial charge in [0.2, 0.25) is 0 Å². The lowest BCUT2D eigenvalue weighted by Crippen LogP contribution is -2.31. The number of hydrogen-bond donors (Lipinski definition) is 0. The van der Waals surface area contributed by atoms with Crippen LogP contribution in [0.1, 0.15) is 79.6 Å². The maximum atomic E-state index is 6.09. The molecule has 1 heteroatoms. The first-order chi connectivity index (χ1) is 7.04. The molecule has 0 heterocycles. The quantitative estimate of drug-likeness (QED) is 0.494. The van der Waals surface area contributed by atoms with Gasteiger partial charge in [0.25, 0.3) is 0 Å². The highest BCUT2D eigenvalue weighted by atomic mass is 16.5. The molecule has 92 valence electrons. The molecule has 0 fully saturated rings. The second kappa shape index (κ2) is 8.15. The lowest BCUT2D eigenvalue weighted by atomic mass is 9.92. The number of rotatable bonds is 9.